The predicted molar refractivity (Wildman–Crippen MR) is 95.0 cm³/mol. The highest BCUT2D eigenvalue weighted by Gasteiger charge is 2.42. The van der Waals surface area contributed by atoms with Crippen molar-refractivity contribution in [1.29, 1.82) is 0 Å². The number of aryl methyl sites for hydroxylation is 1. The van der Waals surface area contributed by atoms with Crippen molar-refractivity contribution >= 4 is 10.9 Å². The van der Waals surface area contributed by atoms with Gasteiger partial charge in [-0.05, 0) is 43.5 Å². The number of aromatic amines is 1. The highest BCUT2D eigenvalue weighted by Crippen LogP contribution is 2.41. The maximum atomic E-state index is 13.3. The highest BCUT2D eigenvalue weighted by atomic mass is 19.4. The first-order valence-corrected chi connectivity index (χ1v) is 8.68. The van der Waals surface area contributed by atoms with E-state index in [9.17, 15) is 13.2 Å². The summed E-state index contributed by atoms with van der Waals surface area (Å²) in [6, 6.07) is 10.8. The molecule has 2 atom stereocenters. The fourth-order valence-electron chi connectivity index (χ4n) is 3.92. The van der Waals surface area contributed by atoms with Gasteiger partial charge in [-0.1, -0.05) is 24.3 Å². The minimum Gasteiger partial charge on any atom is -0.357 e. The fraction of sp³-hybridized carbons (Fsp3) is 0.350. The quantitative estimate of drug-likeness (QED) is 0.715. The van der Waals surface area contributed by atoms with Gasteiger partial charge in [0.15, 0.2) is 0 Å². The maximum Gasteiger partial charge on any atom is 0.401 e. The summed E-state index contributed by atoms with van der Waals surface area (Å²) in [5.41, 5.74) is 4.50. The summed E-state index contributed by atoms with van der Waals surface area (Å²) in [7, 11) is 0. The third-order valence-corrected chi connectivity index (χ3v) is 5.09. The van der Waals surface area contributed by atoms with E-state index in [1.54, 1.807) is 6.20 Å². The summed E-state index contributed by atoms with van der Waals surface area (Å²) in [6.45, 7) is 2.82. The molecule has 2 aromatic heterocycles. The molecule has 0 fully saturated rings. The molecule has 0 spiro atoms. The lowest BCUT2D eigenvalue weighted by molar-refractivity contribution is -0.155. The van der Waals surface area contributed by atoms with Crippen LogP contribution in [0.4, 0.5) is 13.2 Å². The third kappa shape index (κ3) is 2.98. The van der Waals surface area contributed by atoms with Gasteiger partial charge >= 0.3 is 6.18 Å². The highest BCUT2D eigenvalue weighted by molar-refractivity contribution is 5.85. The van der Waals surface area contributed by atoms with Crippen LogP contribution in [0.5, 0.6) is 0 Å². The van der Waals surface area contributed by atoms with E-state index < -0.39 is 18.8 Å². The number of hydrogen-bond donors (Lipinski definition) is 1. The number of benzene rings is 1. The number of alkyl halides is 3. The SMILES string of the molecule is Cc1ccc([C@@H]2c3[nH]c4ccccc4c3C[C@@H](C)N2CC(F)(F)F)nc1. The van der Waals surface area contributed by atoms with Gasteiger partial charge in [-0.15, -0.1) is 0 Å². The zero-order valence-electron chi connectivity index (χ0n) is 14.6. The molecule has 0 radical (unpaired) electrons. The summed E-state index contributed by atoms with van der Waals surface area (Å²) in [4.78, 5) is 9.33. The van der Waals surface area contributed by atoms with E-state index in [0.717, 1.165) is 27.7 Å². The zero-order chi connectivity index (χ0) is 18.5. The van der Waals surface area contributed by atoms with Crippen molar-refractivity contribution in [2.45, 2.75) is 38.5 Å². The lowest BCUT2D eigenvalue weighted by Gasteiger charge is -2.40. The van der Waals surface area contributed by atoms with Crippen molar-refractivity contribution in [1.82, 2.24) is 14.9 Å². The van der Waals surface area contributed by atoms with Crippen LogP contribution >= 0.6 is 0 Å². The summed E-state index contributed by atoms with van der Waals surface area (Å²) < 4.78 is 39.8. The summed E-state index contributed by atoms with van der Waals surface area (Å²) >= 11 is 0. The molecule has 0 saturated carbocycles. The van der Waals surface area contributed by atoms with Crippen molar-refractivity contribution in [3.8, 4) is 0 Å². The fourth-order valence-corrected chi connectivity index (χ4v) is 3.92. The van der Waals surface area contributed by atoms with E-state index >= 15 is 0 Å². The Bertz CT molecular complexity index is 928. The van der Waals surface area contributed by atoms with Crippen LogP contribution in [-0.2, 0) is 6.42 Å². The zero-order valence-corrected chi connectivity index (χ0v) is 14.6. The molecule has 1 aliphatic heterocycles. The Hall–Kier alpha value is -2.34. The maximum absolute atomic E-state index is 13.3. The predicted octanol–water partition coefficient (Wildman–Crippen LogP) is 4.77. The van der Waals surface area contributed by atoms with Crippen LogP contribution in [0.2, 0.25) is 0 Å². The van der Waals surface area contributed by atoms with Gasteiger partial charge in [-0.25, -0.2) is 0 Å². The Morgan fingerprint density at radius 1 is 1.19 bits per heavy atom. The van der Waals surface area contributed by atoms with Gasteiger partial charge in [0.1, 0.15) is 0 Å². The molecule has 3 heterocycles. The topological polar surface area (TPSA) is 31.9 Å². The Kier molecular flexibility index (Phi) is 4.03. The lowest BCUT2D eigenvalue weighted by atomic mass is 9.90. The lowest BCUT2D eigenvalue weighted by Crippen LogP contribution is -2.47. The van der Waals surface area contributed by atoms with E-state index in [1.165, 1.54) is 4.90 Å². The first kappa shape index (κ1) is 17.1. The average Bonchev–Trinajstić information content (AvgIpc) is 2.94. The summed E-state index contributed by atoms with van der Waals surface area (Å²) in [5.74, 6) is 0. The van der Waals surface area contributed by atoms with Crippen molar-refractivity contribution in [2.75, 3.05) is 6.54 Å². The van der Waals surface area contributed by atoms with Crippen LogP contribution in [-0.4, -0.2) is 33.6 Å². The Morgan fingerprint density at radius 3 is 2.65 bits per heavy atom. The molecule has 1 aliphatic rings. The van der Waals surface area contributed by atoms with Crippen LogP contribution in [0.1, 0.15) is 35.5 Å². The number of pyridine rings is 1. The molecule has 6 heteroatoms. The molecule has 0 bridgehead atoms. The van der Waals surface area contributed by atoms with E-state index in [0.29, 0.717) is 12.1 Å². The van der Waals surface area contributed by atoms with Crippen molar-refractivity contribution in [3.05, 3.63) is 65.1 Å². The molecule has 0 unspecified atom stereocenters. The van der Waals surface area contributed by atoms with Crippen molar-refractivity contribution in [3.63, 3.8) is 0 Å². The van der Waals surface area contributed by atoms with Crippen LogP contribution in [0.15, 0.2) is 42.6 Å². The van der Waals surface area contributed by atoms with Gasteiger partial charge in [0.05, 0.1) is 18.3 Å². The summed E-state index contributed by atoms with van der Waals surface area (Å²) in [5, 5.41) is 1.08. The number of rotatable bonds is 2. The summed E-state index contributed by atoms with van der Waals surface area (Å²) in [6.07, 6.45) is -1.97. The number of hydrogen-bond acceptors (Lipinski definition) is 2. The molecule has 3 aromatic rings. The molecular weight excluding hydrogens is 339 g/mol. The second kappa shape index (κ2) is 6.13. The van der Waals surface area contributed by atoms with Gasteiger partial charge in [-0.2, -0.15) is 13.2 Å². The van der Waals surface area contributed by atoms with E-state index in [-0.39, 0.29) is 6.04 Å². The molecule has 1 aromatic carbocycles. The number of nitrogens with one attached hydrogen (secondary N) is 1. The minimum atomic E-state index is -4.26. The standard InChI is InChI=1S/C20H20F3N3/c1-12-7-8-17(24-10-12)19-18-15(14-5-3-4-6-16(14)25-18)9-13(2)26(19)11-20(21,22)23/h3-8,10,13,19,25H,9,11H2,1-2H3/t13-,19-/m1/s1. The Balaban J connectivity index is 1.90. The number of fused-ring (bicyclic) bond motifs is 3. The van der Waals surface area contributed by atoms with Gasteiger partial charge in [0.25, 0.3) is 0 Å². The van der Waals surface area contributed by atoms with Crippen molar-refractivity contribution in [2.24, 2.45) is 0 Å². The van der Waals surface area contributed by atoms with E-state index in [4.69, 9.17) is 0 Å². The van der Waals surface area contributed by atoms with Crippen LogP contribution in [0.25, 0.3) is 10.9 Å². The van der Waals surface area contributed by atoms with E-state index in [2.05, 4.69) is 9.97 Å². The van der Waals surface area contributed by atoms with Crippen molar-refractivity contribution < 1.29 is 13.2 Å². The number of H-pyrrole nitrogens is 1. The minimum absolute atomic E-state index is 0.239. The Labute approximate surface area is 149 Å². The molecule has 4 rings (SSSR count). The normalized spacial score (nSPS) is 21.1. The second-order valence-electron chi connectivity index (χ2n) is 7.07. The molecule has 136 valence electrons. The monoisotopic (exact) mass is 359 g/mol. The van der Waals surface area contributed by atoms with Gasteiger partial charge in [0.2, 0.25) is 0 Å². The second-order valence-corrected chi connectivity index (χ2v) is 7.07. The molecule has 0 amide bonds. The largest absolute Gasteiger partial charge is 0.401 e. The molecule has 26 heavy (non-hydrogen) atoms. The number of nitrogens with zero attached hydrogens (tertiary/aromatic N) is 2. The third-order valence-electron chi connectivity index (χ3n) is 5.09. The smallest absolute Gasteiger partial charge is 0.357 e. The van der Waals surface area contributed by atoms with Crippen LogP contribution in [0, 0.1) is 6.92 Å². The number of aromatic nitrogens is 2. The van der Waals surface area contributed by atoms with Gasteiger partial charge in [-0.3, -0.25) is 9.88 Å². The molecule has 0 saturated heterocycles. The van der Waals surface area contributed by atoms with Crippen LogP contribution < -0.4 is 0 Å². The molecular formula is C20H20F3N3. The van der Waals surface area contributed by atoms with E-state index in [1.807, 2.05) is 50.2 Å². The molecule has 0 aliphatic carbocycles. The van der Waals surface area contributed by atoms with Crippen LogP contribution in [0.3, 0.4) is 0 Å². The first-order valence-electron chi connectivity index (χ1n) is 8.68. The first-order chi connectivity index (χ1) is 12.3. The Morgan fingerprint density at radius 2 is 1.96 bits per heavy atom. The molecule has 3 nitrogen and oxygen atoms in total. The van der Waals surface area contributed by atoms with Gasteiger partial charge in [0, 0.05) is 28.8 Å². The molecule has 1 N–H and O–H groups in total. The number of para-hydroxylation sites is 1. The number of halogens is 3. The van der Waals surface area contributed by atoms with Gasteiger partial charge < -0.3 is 4.98 Å². The average molecular weight is 359 g/mol.